The SMILES string of the molecule is CCCCCCCCN(CC)C(=O)C(COCCCCCC(=O)OCCC(CCCCC)CCCCC)OCCCCCC(=O)OCCC(CCCCC)CCCCC. The molecule has 0 saturated heterocycles. The van der Waals surface area contributed by atoms with Crippen molar-refractivity contribution in [3.63, 3.8) is 0 Å². The molecule has 0 spiro atoms. The third-order valence-corrected chi connectivity index (χ3v) is 12.0. The Labute approximate surface area is 366 Å². The summed E-state index contributed by atoms with van der Waals surface area (Å²) in [5, 5.41) is 0. The molecule has 0 radical (unpaired) electrons. The third-order valence-electron chi connectivity index (χ3n) is 12.0. The van der Waals surface area contributed by atoms with Crippen LogP contribution in [0.15, 0.2) is 0 Å². The highest BCUT2D eigenvalue weighted by molar-refractivity contribution is 5.81. The zero-order valence-corrected chi connectivity index (χ0v) is 40.1. The van der Waals surface area contributed by atoms with Gasteiger partial charge < -0.3 is 23.8 Å². The molecule has 0 aromatic carbocycles. The number of carbonyl (C=O) groups excluding carboxylic acids is 3. The van der Waals surface area contributed by atoms with Gasteiger partial charge >= 0.3 is 11.9 Å². The molecule has 0 rings (SSSR count). The van der Waals surface area contributed by atoms with Gasteiger partial charge in [-0.15, -0.1) is 0 Å². The summed E-state index contributed by atoms with van der Waals surface area (Å²) < 4.78 is 23.5. The first-order chi connectivity index (χ1) is 28.9. The minimum absolute atomic E-state index is 0.00744. The Morgan fingerprint density at radius 3 is 1.29 bits per heavy atom. The summed E-state index contributed by atoms with van der Waals surface area (Å²) in [7, 11) is 0. The lowest BCUT2D eigenvalue weighted by Crippen LogP contribution is -2.43. The van der Waals surface area contributed by atoms with Crippen molar-refractivity contribution in [2.24, 2.45) is 11.8 Å². The molecule has 0 heterocycles. The van der Waals surface area contributed by atoms with Crippen molar-refractivity contribution in [2.45, 2.75) is 253 Å². The predicted octanol–water partition coefficient (Wildman–Crippen LogP) is 14.1. The fourth-order valence-electron chi connectivity index (χ4n) is 7.94. The fourth-order valence-corrected chi connectivity index (χ4v) is 7.94. The fraction of sp³-hybridized carbons (Fsp3) is 0.941. The molecule has 0 aromatic heterocycles. The molecule has 350 valence electrons. The number of unbranched alkanes of at least 4 members (excludes halogenated alkanes) is 17. The van der Waals surface area contributed by atoms with Crippen LogP contribution in [-0.4, -0.2) is 75.0 Å². The molecule has 0 aliphatic rings. The maximum Gasteiger partial charge on any atom is 0.305 e. The average Bonchev–Trinajstić information content (AvgIpc) is 3.23. The number of esters is 2. The van der Waals surface area contributed by atoms with Gasteiger partial charge in [-0.25, -0.2) is 0 Å². The molecule has 8 heteroatoms. The van der Waals surface area contributed by atoms with Crippen LogP contribution in [0.4, 0.5) is 0 Å². The molecule has 0 saturated carbocycles. The van der Waals surface area contributed by atoms with E-state index < -0.39 is 6.10 Å². The van der Waals surface area contributed by atoms with Crippen molar-refractivity contribution < 1.29 is 33.3 Å². The predicted molar refractivity (Wildman–Crippen MR) is 248 cm³/mol. The van der Waals surface area contributed by atoms with E-state index in [0.717, 1.165) is 70.8 Å². The maximum absolute atomic E-state index is 13.7. The number of rotatable bonds is 46. The molecule has 0 fully saturated rings. The summed E-state index contributed by atoms with van der Waals surface area (Å²) in [6, 6.07) is 0. The van der Waals surface area contributed by atoms with Crippen molar-refractivity contribution in [2.75, 3.05) is 46.1 Å². The van der Waals surface area contributed by atoms with Gasteiger partial charge in [0.2, 0.25) is 0 Å². The highest BCUT2D eigenvalue weighted by Gasteiger charge is 2.24. The van der Waals surface area contributed by atoms with Crippen LogP contribution in [0.1, 0.15) is 247 Å². The summed E-state index contributed by atoms with van der Waals surface area (Å²) in [6.45, 7) is 17.0. The van der Waals surface area contributed by atoms with E-state index in [0.29, 0.717) is 57.6 Å². The lowest BCUT2D eigenvalue weighted by molar-refractivity contribution is -0.148. The van der Waals surface area contributed by atoms with E-state index >= 15 is 0 Å². The van der Waals surface area contributed by atoms with Gasteiger partial charge in [0.1, 0.15) is 0 Å². The summed E-state index contributed by atoms with van der Waals surface area (Å²) in [6.07, 6.45) is 34.4. The van der Waals surface area contributed by atoms with Crippen LogP contribution in [0.3, 0.4) is 0 Å². The summed E-state index contributed by atoms with van der Waals surface area (Å²) in [4.78, 5) is 40.5. The number of hydrogen-bond acceptors (Lipinski definition) is 7. The van der Waals surface area contributed by atoms with Gasteiger partial charge in [-0.3, -0.25) is 14.4 Å². The van der Waals surface area contributed by atoms with E-state index in [-0.39, 0.29) is 24.5 Å². The van der Waals surface area contributed by atoms with Crippen molar-refractivity contribution in [1.29, 1.82) is 0 Å². The van der Waals surface area contributed by atoms with Crippen molar-refractivity contribution in [3.8, 4) is 0 Å². The first-order valence-corrected chi connectivity index (χ1v) is 25.7. The Bertz CT molecular complexity index is 910. The van der Waals surface area contributed by atoms with Gasteiger partial charge in [-0.05, 0) is 63.7 Å². The first kappa shape index (κ1) is 57.3. The molecule has 8 nitrogen and oxygen atoms in total. The Morgan fingerprint density at radius 1 is 0.424 bits per heavy atom. The second kappa shape index (κ2) is 44.4. The zero-order valence-electron chi connectivity index (χ0n) is 40.1. The highest BCUT2D eigenvalue weighted by atomic mass is 16.5. The molecule has 0 aromatic rings. The Kier molecular flexibility index (Phi) is 43.1. The lowest BCUT2D eigenvalue weighted by Gasteiger charge is -2.26. The maximum atomic E-state index is 13.7. The normalized spacial score (nSPS) is 12.1. The van der Waals surface area contributed by atoms with Crippen molar-refractivity contribution in [3.05, 3.63) is 0 Å². The molecule has 0 bridgehead atoms. The summed E-state index contributed by atoms with van der Waals surface area (Å²) in [5.41, 5.74) is 0. The minimum atomic E-state index is -0.634. The number of carbonyl (C=O) groups is 3. The van der Waals surface area contributed by atoms with Gasteiger partial charge in [0.15, 0.2) is 6.10 Å². The average molecular weight is 838 g/mol. The number of nitrogens with zero attached hydrogens (tertiary/aromatic N) is 1. The van der Waals surface area contributed by atoms with E-state index in [1.807, 2.05) is 11.8 Å². The van der Waals surface area contributed by atoms with Gasteiger partial charge in [-0.2, -0.15) is 0 Å². The largest absolute Gasteiger partial charge is 0.466 e. The Hall–Kier alpha value is -1.67. The van der Waals surface area contributed by atoms with Crippen LogP contribution in [0.2, 0.25) is 0 Å². The number of likely N-dealkylation sites (N-methyl/N-ethyl adjacent to an activating group) is 1. The van der Waals surface area contributed by atoms with Crippen molar-refractivity contribution >= 4 is 17.8 Å². The molecular formula is C51H99NO7. The molecular weight excluding hydrogens is 739 g/mol. The molecule has 1 unspecified atom stereocenters. The number of hydrogen-bond donors (Lipinski definition) is 0. The summed E-state index contributed by atoms with van der Waals surface area (Å²) >= 11 is 0. The molecule has 0 N–H and O–H groups in total. The molecule has 1 atom stereocenters. The summed E-state index contributed by atoms with van der Waals surface area (Å²) in [5.74, 6) is 1.15. The minimum Gasteiger partial charge on any atom is -0.466 e. The monoisotopic (exact) mass is 838 g/mol. The quantitative estimate of drug-likeness (QED) is 0.0445. The second-order valence-corrected chi connectivity index (χ2v) is 17.5. The Morgan fingerprint density at radius 2 is 0.831 bits per heavy atom. The number of amides is 1. The molecule has 1 amide bonds. The number of ether oxygens (including phenoxy) is 4. The van der Waals surface area contributed by atoms with E-state index in [1.54, 1.807) is 0 Å². The standard InChI is InChI=1S/C51H99NO7/c1-7-13-18-19-20-29-40-52(12-6)51(55)48(57-42-31-22-28-37-50(54)59-44-39-47(34-25-16-10-4)35-26-17-11-5)45-56-41-30-21-27-36-49(53)58-43-38-46(32-23-14-8-2)33-24-15-9-3/h46-48H,7-45H2,1-6H3. The van der Waals surface area contributed by atoms with Gasteiger partial charge in [0.05, 0.1) is 19.8 Å². The van der Waals surface area contributed by atoms with E-state index in [4.69, 9.17) is 18.9 Å². The Balaban J connectivity index is 4.68. The van der Waals surface area contributed by atoms with E-state index in [2.05, 4.69) is 34.6 Å². The van der Waals surface area contributed by atoms with Gasteiger partial charge in [0.25, 0.3) is 5.91 Å². The van der Waals surface area contributed by atoms with Crippen LogP contribution in [0.25, 0.3) is 0 Å². The third kappa shape index (κ3) is 36.7. The topological polar surface area (TPSA) is 91.4 Å². The molecule has 59 heavy (non-hydrogen) atoms. The van der Waals surface area contributed by atoms with Crippen LogP contribution < -0.4 is 0 Å². The second-order valence-electron chi connectivity index (χ2n) is 17.5. The molecule has 0 aliphatic carbocycles. The van der Waals surface area contributed by atoms with Gasteiger partial charge in [-0.1, -0.05) is 182 Å². The lowest BCUT2D eigenvalue weighted by atomic mass is 9.92. The van der Waals surface area contributed by atoms with Crippen LogP contribution in [-0.2, 0) is 33.3 Å². The van der Waals surface area contributed by atoms with Crippen LogP contribution >= 0.6 is 0 Å². The zero-order chi connectivity index (χ0) is 43.4. The smallest absolute Gasteiger partial charge is 0.305 e. The molecule has 0 aliphatic heterocycles. The highest BCUT2D eigenvalue weighted by Crippen LogP contribution is 2.22. The van der Waals surface area contributed by atoms with Crippen LogP contribution in [0, 0.1) is 11.8 Å². The van der Waals surface area contributed by atoms with E-state index in [9.17, 15) is 14.4 Å². The first-order valence-electron chi connectivity index (χ1n) is 25.7. The van der Waals surface area contributed by atoms with Crippen molar-refractivity contribution in [1.82, 2.24) is 4.90 Å². The van der Waals surface area contributed by atoms with Gasteiger partial charge in [0, 0.05) is 39.1 Å². The van der Waals surface area contributed by atoms with E-state index in [1.165, 1.54) is 128 Å². The van der Waals surface area contributed by atoms with Crippen LogP contribution in [0.5, 0.6) is 0 Å².